The van der Waals surface area contributed by atoms with Crippen molar-refractivity contribution in [1.29, 1.82) is 5.41 Å². The molecule has 0 radical (unpaired) electrons. The van der Waals surface area contributed by atoms with Crippen LogP contribution < -0.4 is 15.8 Å². The number of aromatic nitrogens is 3. The second-order valence-electron chi connectivity index (χ2n) is 20.2. The Morgan fingerprint density at radius 1 is 0.738 bits per heavy atom. The van der Waals surface area contributed by atoms with Gasteiger partial charge >= 0.3 is 5.97 Å². The quantitative estimate of drug-likeness (QED) is 0.0105. The number of fused-ring (bicyclic) bond motifs is 2. The normalized spacial score (nSPS) is 19.0. The fourth-order valence-electron chi connectivity index (χ4n) is 10.3. The number of piperidine rings is 1. The van der Waals surface area contributed by atoms with Gasteiger partial charge in [-0.05, 0) is 63.4 Å². The third kappa shape index (κ3) is 22.7. The predicted octanol–water partition coefficient (Wildman–Crippen LogP) is 6.58. The summed E-state index contributed by atoms with van der Waals surface area (Å²) in [6.07, 6.45) is 8.27. The molecule has 3 heterocycles. The van der Waals surface area contributed by atoms with Crippen molar-refractivity contribution in [2.45, 2.75) is 127 Å². The van der Waals surface area contributed by atoms with Gasteiger partial charge in [0.1, 0.15) is 5.82 Å². The van der Waals surface area contributed by atoms with Gasteiger partial charge in [0.2, 0.25) is 23.4 Å². The van der Waals surface area contributed by atoms with Crippen LogP contribution in [-0.2, 0) is 60.4 Å². The van der Waals surface area contributed by atoms with E-state index in [2.05, 4.69) is 25.3 Å². The zero-order valence-corrected chi connectivity index (χ0v) is 46.1. The second kappa shape index (κ2) is 35.1. The number of rotatable bonds is 39. The highest BCUT2D eigenvalue weighted by Gasteiger charge is 2.44. The number of amides is 1. The van der Waals surface area contributed by atoms with Gasteiger partial charge in [-0.3, -0.25) is 14.5 Å². The molecule has 1 saturated carbocycles. The first-order chi connectivity index (χ1) is 38.8. The molecule has 1 aliphatic carbocycles. The molecule has 3 aromatic rings. The van der Waals surface area contributed by atoms with Crippen LogP contribution in [0.2, 0.25) is 0 Å². The fourth-order valence-corrected chi connectivity index (χ4v) is 10.3. The highest BCUT2D eigenvalue weighted by atomic mass is 19.3. The Bertz CT molecular complexity index is 2310. The lowest BCUT2D eigenvalue weighted by molar-refractivity contribution is -0.468. The van der Waals surface area contributed by atoms with Gasteiger partial charge in [0.25, 0.3) is 0 Å². The third-order valence-electron chi connectivity index (χ3n) is 14.3. The van der Waals surface area contributed by atoms with Crippen LogP contribution in [0.3, 0.4) is 0 Å². The summed E-state index contributed by atoms with van der Waals surface area (Å²) in [7, 11) is 0. The minimum absolute atomic E-state index is 0.0481. The van der Waals surface area contributed by atoms with Gasteiger partial charge in [-0.2, -0.15) is 5.41 Å². The number of nitrogens with two attached hydrogens (primary N) is 1. The number of ether oxygens (including phenoxy) is 9. The Morgan fingerprint density at radius 2 is 1.25 bits per heavy atom. The van der Waals surface area contributed by atoms with Gasteiger partial charge in [0.05, 0.1) is 136 Å². The van der Waals surface area contributed by atoms with E-state index in [0.29, 0.717) is 141 Å². The van der Waals surface area contributed by atoms with Gasteiger partial charge < -0.3 is 53.7 Å². The van der Waals surface area contributed by atoms with Crippen LogP contribution in [0.4, 0.5) is 22.0 Å². The molecule has 2 unspecified atom stereocenters. The maximum atomic E-state index is 13.8. The predicted molar refractivity (Wildman–Crippen MR) is 284 cm³/mol. The molecular formula is C56H82F5N8O11+. The molecule has 2 aliphatic heterocycles. The highest BCUT2D eigenvalue weighted by molar-refractivity contribution is 5.82. The first-order valence-electron chi connectivity index (χ1n) is 28.1. The molecule has 1 aromatic heterocycles. The van der Waals surface area contributed by atoms with Crippen LogP contribution in [0.1, 0.15) is 101 Å². The monoisotopic (exact) mass is 1140 g/mol. The number of amidine groups is 2. The summed E-state index contributed by atoms with van der Waals surface area (Å²) in [6.45, 7) is 8.95. The highest BCUT2D eigenvalue weighted by Crippen LogP contribution is 2.39. The molecule has 3 aliphatic rings. The van der Waals surface area contributed by atoms with Crippen LogP contribution in [-0.4, -0.2) is 184 Å². The van der Waals surface area contributed by atoms with Gasteiger partial charge in [-0.15, -0.1) is 5.10 Å². The van der Waals surface area contributed by atoms with Crippen molar-refractivity contribution in [3.05, 3.63) is 77.4 Å². The number of nitrogens with one attached hydrogen (secondary N) is 2. The van der Waals surface area contributed by atoms with Crippen molar-refractivity contribution < 1.29 is 78.7 Å². The number of esters is 1. The van der Waals surface area contributed by atoms with Crippen molar-refractivity contribution in [2.75, 3.05) is 112 Å². The zero-order valence-electron chi connectivity index (χ0n) is 46.1. The fraction of sp³-hybridized carbons (Fsp3) is 0.679. The van der Waals surface area contributed by atoms with E-state index in [9.17, 15) is 31.5 Å². The van der Waals surface area contributed by atoms with E-state index in [1.807, 2.05) is 48.0 Å². The maximum Gasteiger partial charge on any atom is 0.313 e. The van der Waals surface area contributed by atoms with Crippen molar-refractivity contribution in [2.24, 2.45) is 11.7 Å². The first-order valence-corrected chi connectivity index (χ1v) is 28.1. The maximum absolute atomic E-state index is 13.8. The summed E-state index contributed by atoms with van der Waals surface area (Å²) in [4.78, 5) is 27.7. The van der Waals surface area contributed by atoms with Crippen LogP contribution in [0, 0.1) is 28.8 Å². The SMILES string of the molecule is CC(N)=[N+](C(=N)CCCc1cn(CCOCCOCCOCCOCCOCCOCCOCCOCCC(=O)Oc2c(F)cc(F)cc2F)nn1)C1CC2CCC(C1)N2CC[C@H](NC(=O)C1CCC(F)(F)CC1)c1ccccc1. The van der Waals surface area contributed by atoms with E-state index in [-0.39, 0.29) is 75.8 Å². The van der Waals surface area contributed by atoms with Crippen LogP contribution >= 0.6 is 0 Å². The summed E-state index contributed by atoms with van der Waals surface area (Å²) in [6, 6.07) is 11.4. The summed E-state index contributed by atoms with van der Waals surface area (Å²) < 4.78 is 120. The van der Waals surface area contributed by atoms with E-state index in [1.54, 1.807) is 4.68 Å². The number of carbonyl (C=O) groups is 2. The number of benzene rings is 2. The van der Waals surface area contributed by atoms with Crippen LogP contribution in [0.5, 0.6) is 5.75 Å². The summed E-state index contributed by atoms with van der Waals surface area (Å²) in [5, 5.41) is 20.9. The Labute approximate surface area is 465 Å². The molecule has 2 bridgehead atoms. The van der Waals surface area contributed by atoms with Gasteiger partial charge in [-0.25, -0.2) is 31.2 Å². The molecule has 2 aromatic carbocycles. The minimum Gasteiger partial charge on any atom is -0.420 e. The standard InChI is InChI=1S/C56H81F5N8O11/c1-41(62)69(48-38-46-10-11-47(39-48)68(46)18-14-51(42-6-3-2-4-7-42)64-55(71)43-12-16-56(60,61)17-13-43)52(63)9-5-8-45-40-67(66-65-45)19-21-73-23-25-75-27-29-77-31-33-79-35-34-78-32-30-76-28-26-74-24-22-72-20-15-53(70)80-54-49(58)36-44(57)37-50(54)59/h2-4,6-7,36-37,40,43,46-48,51,62-63H,5,8-35,38-39H2,1H3,(H,64,71)/p+1/t46?,47?,48?,51-/m0/s1. The number of carbonyl (C=O) groups excluding carboxylic acids is 2. The third-order valence-corrected chi connectivity index (χ3v) is 14.3. The topological polar surface area (TPSA) is 216 Å². The molecule has 80 heavy (non-hydrogen) atoms. The number of hydrogen-bond acceptors (Lipinski definition) is 15. The van der Waals surface area contributed by atoms with E-state index in [0.717, 1.165) is 56.3 Å². The number of nitrogens with zero attached hydrogens (tertiary/aromatic N) is 5. The number of alkyl halides is 2. The molecule has 0 spiro atoms. The van der Waals surface area contributed by atoms with Gasteiger partial charge in [0.15, 0.2) is 17.5 Å². The second-order valence-corrected chi connectivity index (χ2v) is 20.2. The zero-order chi connectivity index (χ0) is 57.0. The lowest BCUT2D eigenvalue weighted by atomic mass is 9.86. The number of hydrogen-bond donors (Lipinski definition) is 3. The lowest BCUT2D eigenvalue weighted by Crippen LogP contribution is -2.51. The van der Waals surface area contributed by atoms with E-state index >= 15 is 0 Å². The minimum atomic E-state index is -2.68. The molecule has 6 rings (SSSR count). The Kier molecular flexibility index (Phi) is 28.1. The summed E-state index contributed by atoms with van der Waals surface area (Å²) in [5.74, 6) is -7.66. The summed E-state index contributed by atoms with van der Waals surface area (Å²) in [5.41, 5.74) is 8.36. The largest absolute Gasteiger partial charge is 0.420 e. The van der Waals surface area contributed by atoms with Crippen molar-refractivity contribution in [3.8, 4) is 5.75 Å². The van der Waals surface area contributed by atoms with Crippen LogP contribution in [0.15, 0.2) is 48.7 Å². The van der Waals surface area contributed by atoms with E-state index in [4.69, 9.17) is 49.0 Å². The molecule has 1 amide bonds. The molecule has 3 fully saturated rings. The lowest BCUT2D eigenvalue weighted by Gasteiger charge is -2.40. The number of aryl methyl sites for hydroxylation is 1. The molecule has 19 nitrogen and oxygen atoms in total. The average Bonchev–Trinajstić information content (AvgIpc) is 4.00. The first kappa shape index (κ1) is 64.1. The van der Waals surface area contributed by atoms with E-state index in [1.165, 1.54) is 0 Å². The molecule has 2 saturated heterocycles. The molecule has 4 N–H and O–H groups in total. The Balaban J connectivity index is 0.704. The molecule has 24 heteroatoms. The Hall–Kier alpha value is -5.05. The summed E-state index contributed by atoms with van der Waals surface area (Å²) >= 11 is 0. The van der Waals surface area contributed by atoms with Gasteiger partial charge in [-0.1, -0.05) is 35.5 Å². The van der Waals surface area contributed by atoms with Gasteiger partial charge in [0, 0.05) is 69.1 Å². The Morgan fingerprint density at radius 3 is 1.77 bits per heavy atom. The number of halogens is 5. The van der Waals surface area contributed by atoms with Crippen molar-refractivity contribution in [3.63, 3.8) is 0 Å². The average molecular weight is 1140 g/mol. The molecular weight excluding hydrogens is 1060 g/mol. The van der Waals surface area contributed by atoms with Crippen LogP contribution in [0.25, 0.3) is 0 Å². The smallest absolute Gasteiger partial charge is 0.313 e. The van der Waals surface area contributed by atoms with Crippen molar-refractivity contribution in [1.82, 2.24) is 25.2 Å². The van der Waals surface area contributed by atoms with Crippen molar-refractivity contribution >= 4 is 23.5 Å². The van der Waals surface area contributed by atoms with E-state index < -0.39 is 35.1 Å². The molecule has 3 atom stereocenters. The molecule has 446 valence electrons.